The van der Waals surface area contributed by atoms with Gasteiger partial charge in [-0.1, -0.05) is 0 Å². The average Bonchev–Trinajstić information content (AvgIpc) is 2.97. The molecule has 0 fully saturated rings. The van der Waals surface area contributed by atoms with E-state index in [2.05, 4.69) is 4.98 Å². The molecule has 0 aliphatic rings. The molecular formula is C14H13FN2O2S. The van der Waals surface area contributed by atoms with Crippen LogP contribution >= 0.6 is 11.3 Å². The van der Waals surface area contributed by atoms with Gasteiger partial charge < -0.3 is 9.84 Å². The van der Waals surface area contributed by atoms with Crippen molar-refractivity contribution in [3.8, 4) is 5.75 Å². The number of benzene rings is 1. The Hall–Kier alpha value is -1.92. The first-order valence-electron chi connectivity index (χ1n) is 6.15. The van der Waals surface area contributed by atoms with Gasteiger partial charge in [0.2, 0.25) is 0 Å². The summed E-state index contributed by atoms with van der Waals surface area (Å²) < 4.78 is 20.7. The third-order valence-electron chi connectivity index (χ3n) is 2.94. The van der Waals surface area contributed by atoms with Crippen LogP contribution in [0.15, 0.2) is 36.0 Å². The van der Waals surface area contributed by atoms with Crippen LogP contribution in [0.5, 0.6) is 5.75 Å². The van der Waals surface area contributed by atoms with Crippen molar-refractivity contribution in [2.45, 2.75) is 19.6 Å². The number of aliphatic hydroxyl groups is 1. The summed E-state index contributed by atoms with van der Waals surface area (Å²) in [5.41, 5.74) is 1.23. The standard InChI is InChI=1S/C14H13FN2O2S/c1-9(18)12-6-10(15)2-3-13(12)19-8-11-7-17-4-5-20-14(17)16-11/h2-7,9,18H,8H2,1H3. The number of aliphatic hydroxyl groups excluding tert-OH is 1. The Morgan fingerprint density at radius 2 is 2.35 bits per heavy atom. The predicted octanol–water partition coefficient (Wildman–Crippen LogP) is 3.17. The molecule has 0 radical (unpaired) electrons. The maximum atomic E-state index is 13.2. The lowest BCUT2D eigenvalue weighted by molar-refractivity contribution is 0.189. The minimum Gasteiger partial charge on any atom is -0.487 e. The summed E-state index contributed by atoms with van der Waals surface area (Å²) in [5, 5.41) is 11.6. The van der Waals surface area contributed by atoms with Crippen molar-refractivity contribution >= 4 is 16.3 Å². The fraction of sp³-hybridized carbons (Fsp3) is 0.214. The molecule has 4 nitrogen and oxygen atoms in total. The largest absolute Gasteiger partial charge is 0.487 e. The first kappa shape index (κ1) is 13.1. The highest BCUT2D eigenvalue weighted by Gasteiger charge is 2.11. The van der Waals surface area contributed by atoms with E-state index in [1.807, 2.05) is 22.2 Å². The van der Waals surface area contributed by atoms with E-state index >= 15 is 0 Å². The Bertz CT molecular complexity index is 707. The van der Waals surface area contributed by atoms with Crippen LogP contribution in [-0.4, -0.2) is 14.5 Å². The quantitative estimate of drug-likeness (QED) is 0.803. The van der Waals surface area contributed by atoms with Gasteiger partial charge in [-0.05, 0) is 25.1 Å². The van der Waals surface area contributed by atoms with Gasteiger partial charge in [-0.3, -0.25) is 4.40 Å². The van der Waals surface area contributed by atoms with Gasteiger partial charge in [0, 0.05) is 23.3 Å². The second kappa shape index (κ2) is 5.22. The van der Waals surface area contributed by atoms with E-state index in [1.54, 1.807) is 18.3 Å². The van der Waals surface area contributed by atoms with E-state index in [9.17, 15) is 9.50 Å². The van der Waals surface area contributed by atoms with E-state index in [0.717, 1.165) is 10.7 Å². The fourth-order valence-corrected chi connectivity index (χ4v) is 2.69. The van der Waals surface area contributed by atoms with Crippen LogP contribution in [0.2, 0.25) is 0 Å². The van der Waals surface area contributed by atoms with Crippen LogP contribution in [0.25, 0.3) is 4.96 Å². The zero-order valence-electron chi connectivity index (χ0n) is 10.8. The lowest BCUT2D eigenvalue weighted by atomic mass is 10.1. The number of aromatic nitrogens is 2. The van der Waals surface area contributed by atoms with E-state index in [1.165, 1.54) is 18.2 Å². The molecule has 0 amide bonds. The summed E-state index contributed by atoms with van der Waals surface area (Å²) >= 11 is 1.55. The highest BCUT2D eigenvalue weighted by atomic mass is 32.1. The lowest BCUT2D eigenvalue weighted by Gasteiger charge is -2.12. The molecule has 0 spiro atoms. The first-order chi connectivity index (χ1) is 9.63. The Morgan fingerprint density at radius 1 is 1.50 bits per heavy atom. The molecule has 1 N–H and O–H groups in total. The van der Waals surface area contributed by atoms with Crippen molar-refractivity contribution in [2.24, 2.45) is 0 Å². The number of ether oxygens (including phenoxy) is 1. The molecular weight excluding hydrogens is 279 g/mol. The number of fused-ring (bicyclic) bond motifs is 1. The number of thiazole rings is 1. The molecule has 6 heteroatoms. The van der Waals surface area contributed by atoms with Gasteiger partial charge in [0.15, 0.2) is 4.96 Å². The van der Waals surface area contributed by atoms with Gasteiger partial charge in [-0.15, -0.1) is 11.3 Å². The van der Waals surface area contributed by atoms with Crippen molar-refractivity contribution in [3.05, 3.63) is 53.0 Å². The number of nitrogens with zero attached hydrogens (tertiary/aromatic N) is 2. The number of rotatable bonds is 4. The fourth-order valence-electron chi connectivity index (χ4n) is 1.97. The zero-order valence-corrected chi connectivity index (χ0v) is 11.6. The molecule has 2 heterocycles. The number of hydrogen-bond donors (Lipinski definition) is 1. The van der Waals surface area contributed by atoms with Crippen molar-refractivity contribution in [1.82, 2.24) is 9.38 Å². The highest BCUT2D eigenvalue weighted by Crippen LogP contribution is 2.26. The van der Waals surface area contributed by atoms with Gasteiger partial charge in [0.1, 0.15) is 18.2 Å². The molecule has 2 aromatic heterocycles. The Balaban J connectivity index is 1.79. The molecule has 1 atom stereocenters. The van der Waals surface area contributed by atoms with Crippen LogP contribution in [0.3, 0.4) is 0 Å². The summed E-state index contributed by atoms with van der Waals surface area (Å²) in [6, 6.07) is 4.12. The molecule has 3 aromatic rings. The van der Waals surface area contributed by atoms with Gasteiger partial charge in [-0.2, -0.15) is 0 Å². The van der Waals surface area contributed by atoms with Gasteiger partial charge in [-0.25, -0.2) is 9.37 Å². The van der Waals surface area contributed by atoms with Gasteiger partial charge in [0.05, 0.1) is 11.8 Å². The Kier molecular flexibility index (Phi) is 3.42. The maximum Gasteiger partial charge on any atom is 0.193 e. The molecule has 20 heavy (non-hydrogen) atoms. The SMILES string of the molecule is CC(O)c1cc(F)ccc1OCc1cn2ccsc2n1. The molecule has 1 aromatic carbocycles. The van der Waals surface area contributed by atoms with Crippen molar-refractivity contribution in [2.75, 3.05) is 0 Å². The molecule has 3 rings (SSSR count). The number of hydrogen-bond acceptors (Lipinski definition) is 4. The third-order valence-corrected chi connectivity index (χ3v) is 3.71. The smallest absolute Gasteiger partial charge is 0.193 e. The summed E-state index contributed by atoms with van der Waals surface area (Å²) in [5.74, 6) is 0.0773. The van der Waals surface area contributed by atoms with Gasteiger partial charge in [0.25, 0.3) is 0 Å². The van der Waals surface area contributed by atoms with Gasteiger partial charge >= 0.3 is 0 Å². The number of halogens is 1. The Labute approximate surface area is 119 Å². The molecule has 104 valence electrons. The second-order valence-electron chi connectivity index (χ2n) is 4.47. The van der Waals surface area contributed by atoms with Crippen LogP contribution in [0, 0.1) is 5.82 Å². The van der Waals surface area contributed by atoms with Crippen LogP contribution in [0.1, 0.15) is 24.3 Å². The molecule has 0 bridgehead atoms. The maximum absolute atomic E-state index is 13.2. The first-order valence-corrected chi connectivity index (χ1v) is 7.03. The van der Waals surface area contributed by atoms with E-state index in [-0.39, 0.29) is 6.61 Å². The lowest BCUT2D eigenvalue weighted by Crippen LogP contribution is -2.01. The summed E-state index contributed by atoms with van der Waals surface area (Å²) in [4.78, 5) is 5.30. The van der Waals surface area contributed by atoms with Crippen molar-refractivity contribution in [1.29, 1.82) is 0 Å². The monoisotopic (exact) mass is 292 g/mol. The molecule has 0 saturated carbocycles. The van der Waals surface area contributed by atoms with Crippen LogP contribution in [-0.2, 0) is 6.61 Å². The molecule has 0 saturated heterocycles. The predicted molar refractivity (Wildman–Crippen MR) is 74.4 cm³/mol. The Morgan fingerprint density at radius 3 is 3.10 bits per heavy atom. The second-order valence-corrected chi connectivity index (χ2v) is 5.34. The third kappa shape index (κ3) is 2.52. The van der Waals surface area contributed by atoms with E-state index < -0.39 is 11.9 Å². The summed E-state index contributed by atoms with van der Waals surface area (Å²) in [6.07, 6.45) is 3.03. The highest BCUT2D eigenvalue weighted by molar-refractivity contribution is 7.15. The molecule has 0 aliphatic heterocycles. The number of imidazole rings is 1. The minimum atomic E-state index is -0.786. The normalized spacial score (nSPS) is 12.8. The van der Waals surface area contributed by atoms with E-state index in [4.69, 9.17) is 4.74 Å². The van der Waals surface area contributed by atoms with Crippen molar-refractivity contribution in [3.63, 3.8) is 0 Å². The van der Waals surface area contributed by atoms with Crippen LogP contribution < -0.4 is 4.74 Å². The average molecular weight is 292 g/mol. The summed E-state index contributed by atoms with van der Waals surface area (Å²) in [7, 11) is 0. The van der Waals surface area contributed by atoms with Crippen molar-refractivity contribution < 1.29 is 14.2 Å². The van der Waals surface area contributed by atoms with E-state index in [0.29, 0.717) is 11.3 Å². The molecule has 0 aliphatic carbocycles. The zero-order chi connectivity index (χ0) is 14.1. The van der Waals surface area contributed by atoms with Crippen LogP contribution in [0.4, 0.5) is 4.39 Å². The summed E-state index contributed by atoms with van der Waals surface area (Å²) in [6.45, 7) is 1.86. The molecule has 1 unspecified atom stereocenters. The topological polar surface area (TPSA) is 46.8 Å². The minimum absolute atomic E-state index is 0.278.